The molecular weight excluding hydrogens is 380 g/mol. The number of carbonyl (C=O) groups excluding carboxylic acids is 1. The zero-order valence-corrected chi connectivity index (χ0v) is 15.1. The van der Waals surface area contributed by atoms with E-state index >= 15 is 0 Å². The van der Waals surface area contributed by atoms with Gasteiger partial charge in [0.25, 0.3) is 0 Å². The van der Waals surface area contributed by atoms with Crippen LogP contribution < -0.4 is 10.6 Å². The van der Waals surface area contributed by atoms with Crippen LogP contribution in [0.15, 0.2) is 51.9 Å². The number of anilines is 2. The van der Waals surface area contributed by atoms with E-state index in [-0.39, 0.29) is 5.91 Å². The lowest BCUT2D eigenvalue weighted by atomic mass is 9.65. The zero-order valence-electron chi connectivity index (χ0n) is 13.5. The van der Waals surface area contributed by atoms with E-state index in [1.807, 2.05) is 42.5 Å². The van der Waals surface area contributed by atoms with Crippen LogP contribution in [0.5, 0.6) is 0 Å². The Hall–Kier alpha value is -2.47. The van der Waals surface area contributed by atoms with E-state index < -0.39 is 5.41 Å². The van der Waals surface area contributed by atoms with Crippen molar-refractivity contribution < 1.29 is 4.79 Å². The van der Waals surface area contributed by atoms with Crippen LogP contribution in [0.25, 0.3) is 0 Å². The highest BCUT2D eigenvalue weighted by molar-refractivity contribution is 9.10. The molecule has 6 heteroatoms. The smallest absolute Gasteiger partial charge is 0.235 e. The molecule has 0 radical (unpaired) electrons. The molecule has 1 heterocycles. The average Bonchev–Trinajstić information content (AvgIpc) is 2.88. The molecule has 0 aromatic heterocycles. The summed E-state index contributed by atoms with van der Waals surface area (Å²) in [5.74, 6) is 0.673. The summed E-state index contributed by atoms with van der Waals surface area (Å²) in [4.78, 5) is 16.7. The van der Waals surface area contributed by atoms with E-state index in [1.165, 1.54) is 0 Å². The molecule has 1 saturated carbocycles. The molecule has 0 saturated heterocycles. The van der Waals surface area contributed by atoms with Crippen LogP contribution in [0.2, 0.25) is 0 Å². The third-order valence-electron chi connectivity index (χ3n) is 4.99. The van der Waals surface area contributed by atoms with Gasteiger partial charge in [0.2, 0.25) is 5.91 Å². The number of para-hydroxylation sites is 1. The van der Waals surface area contributed by atoms with Gasteiger partial charge < -0.3 is 10.6 Å². The summed E-state index contributed by atoms with van der Waals surface area (Å²) in [6.45, 7) is 0. The van der Waals surface area contributed by atoms with Crippen LogP contribution in [0.1, 0.15) is 30.4 Å². The minimum Gasteiger partial charge on any atom is -0.340 e. The number of amidine groups is 1. The van der Waals surface area contributed by atoms with Gasteiger partial charge in [-0.25, -0.2) is 4.99 Å². The maximum atomic E-state index is 12.5. The summed E-state index contributed by atoms with van der Waals surface area (Å²) >= 11 is 3.58. The van der Waals surface area contributed by atoms with Gasteiger partial charge in [-0.05, 0) is 58.6 Å². The topological polar surface area (TPSA) is 77.3 Å². The van der Waals surface area contributed by atoms with E-state index in [0.717, 1.165) is 52.6 Å². The molecule has 1 spiro atoms. The van der Waals surface area contributed by atoms with E-state index in [0.29, 0.717) is 5.84 Å². The molecule has 2 aliphatic rings. The molecule has 1 aliphatic carbocycles. The van der Waals surface area contributed by atoms with Gasteiger partial charge in [0.1, 0.15) is 12.2 Å². The standard InChI is InChI=1S/C19H17BrN4O/c20-15-10-12(17(22-11-21)23-13-5-2-1-3-6-13)9-14-16(15)24-18(25)19(14)7-4-8-19/h1-3,5-6,9-11H,4,7-8H2,(H,24,25)(H2,21,22,23). The van der Waals surface area contributed by atoms with Crippen LogP contribution in [-0.4, -0.2) is 18.1 Å². The number of amides is 1. The van der Waals surface area contributed by atoms with Crippen LogP contribution in [0.4, 0.5) is 11.4 Å². The van der Waals surface area contributed by atoms with Crippen LogP contribution in [0, 0.1) is 5.41 Å². The summed E-state index contributed by atoms with van der Waals surface area (Å²) in [6, 6.07) is 13.7. The first-order valence-electron chi connectivity index (χ1n) is 8.19. The molecule has 2 aromatic carbocycles. The van der Waals surface area contributed by atoms with E-state index in [4.69, 9.17) is 5.41 Å². The molecule has 1 amide bonds. The van der Waals surface area contributed by atoms with Crippen LogP contribution in [0.3, 0.4) is 0 Å². The summed E-state index contributed by atoms with van der Waals surface area (Å²) in [7, 11) is 0. The van der Waals surface area contributed by atoms with Crippen LogP contribution in [-0.2, 0) is 10.2 Å². The number of aliphatic imine (C=N–C) groups is 1. The Kier molecular flexibility index (Phi) is 3.92. The minimum atomic E-state index is -0.392. The highest BCUT2D eigenvalue weighted by Crippen LogP contribution is 2.53. The Labute approximate surface area is 154 Å². The van der Waals surface area contributed by atoms with Crippen molar-refractivity contribution in [1.29, 1.82) is 5.41 Å². The van der Waals surface area contributed by atoms with Crippen molar-refractivity contribution in [2.75, 3.05) is 10.6 Å². The molecule has 4 rings (SSSR count). The summed E-state index contributed by atoms with van der Waals surface area (Å²) in [5, 5.41) is 13.7. The summed E-state index contributed by atoms with van der Waals surface area (Å²) in [6.07, 6.45) is 3.85. The molecule has 1 aliphatic heterocycles. The van der Waals surface area contributed by atoms with Crippen molar-refractivity contribution in [3.8, 4) is 0 Å². The first-order chi connectivity index (χ1) is 12.1. The summed E-state index contributed by atoms with van der Waals surface area (Å²) < 4.78 is 0.838. The van der Waals surface area contributed by atoms with Gasteiger partial charge in [-0.1, -0.05) is 24.6 Å². The van der Waals surface area contributed by atoms with Gasteiger partial charge in [-0.3, -0.25) is 10.2 Å². The largest absolute Gasteiger partial charge is 0.340 e. The second kappa shape index (κ2) is 6.11. The number of nitrogens with zero attached hydrogens (tertiary/aromatic N) is 1. The maximum Gasteiger partial charge on any atom is 0.235 e. The second-order valence-corrected chi connectivity index (χ2v) is 7.22. The molecule has 5 nitrogen and oxygen atoms in total. The fourth-order valence-corrected chi connectivity index (χ4v) is 4.09. The molecule has 1 fully saturated rings. The van der Waals surface area contributed by atoms with Crippen LogP contribution >= 0.6 is 15.9 Å². The predicted octanol–water partition coefficient (Wildman–Crippen LogP) is 4.29. The monoisotopic (exact) mass is 396 g/mol. The number of carbonyl (C=O) groups is 1. The van der Waals surface area contributed by atoms with E-state index in [9.17, 15) is 4.79 Å². The SMILES string of the molecule is N=C/N=C(\Nc1ccccc1)c1cc(Br)c2c(c1)C1(CCC1)C(=O)N2. The van der Waals surface area contributed by atoms with Crippen molar-refractivity contribution in [2.45, 2.75) is 24.7 Å². The Balaban J connectivity index is 1.77. The highest BCUT2D eigenvalue weighted by atomic mass is 79.9. The molecule has 0 unspecified atom stereocenters. The van der Waals surface area contributed by atoms with Crippen molar-refractivity contribution in [2.24, 2.45) is 4.99 Å². The molecule has 25 heavy (non-hydrogen) atoms. The second-order valence-electron chi connectivity index (χ2n) is 6.37. The fraction of sp³-hybridized carbons (Fsp3) is 0.211. The number of hydrogen-bond acceptors (Lipinski definition) is 2. The quantitative estimate of drug-likeness (QED) is 0.534. The third-order valence-corrected chi connectivity index (χ3v) is 5.62. The zero-order chi connectivity index (χ0) is 17.4. The van der Waals surface area contributed by atoms with Crippen molar-refractivity contribution in [3.05, 3.63) is 58.1 Å². The molecule has 3 N–H and O–H groups in total. The lowest BCUT2D eigenvalue weighted by Gasteiger charge is -2.36. The van der Waals surface area contributed by atoms with Gasteiger partial charge in [-0.15, -0.1) is 0 Å². The fourth-order valence-electron chi connectivity index (χ4n) is 3.53. The minimum absolute atomic E-state index is 0.0909. The van der Waals surface area contributed by atoms with E-state index in [2.05, 4.69) is 31.6 Å². The Bertz CT molecular complexity index is 888. The lowest BCUT2D eigenvalue weighted by molar-refractivity contribution is -0.123. The van der Waals surface area contributed by atoms with Gasteiger partial charge >= 0.3 is 0 Å². The van der Waals surface area contributed by atoms with Gasteiger partial charge in [0.15, 0.2) is 0 Å². The van der Waals surface area contributed by atoms with Gasteiger partial charge in [0.05, 0.1) is 11.1 Å². The molecule has 0 bridgehead atoms. The molecule has 0 atom stereocenters. The Morgan fingerprint density at radius 2 is 2.04 bits per heavy atom. The first kappa shape index (κ1) is 16.0. The number of hydrogen-bond donors (Lipinski definition) is 3. The molecular formula is C19H17BrN4O. The predicted molar refractivity (Wildman–Crippen MR) is 104 cm³/mol. The number of benzene rings is 2. The van der Waals surface area contributed by atoms with Crippen molar-refractivity contribution in [3.63, 3.8) is 0 Å². The Morgan fingerprint density at radius 1 is 1.28 bits per heavy atom. The third kappa shape index (κ3) is 2.57. The lowest BCUT2D eigenvalue weighted by Crippen LogP contribution is -2.40. The number of nitrogens with one attached hydrogen (secondary N) is 3. The number of rotatable bonds is 3. The van der Waals surface area contributed by atoms with Crippen molar-refractivity contribution >= 4 is 45.4 Å². The Morgan fingerprint density at radius 3 is 2.68 bits per heavy atom. The van der Waals surface area contributed by atoms with Crippen molar-refractivity contribution in [1.82, 2.24) is 0 Å². The van der Waals surface area contributed by atoms with Gasteiger partial charge in [0, 0.05) is 15.7 Å². The maximum absolute atomic E-state index is 12.5. The van der Waals surface area contributed by atoms with E-state index in [1.54, 1.807) is 0 Å². The highest BCUT2D eigenvalue weighted by Gasteiger charge is 2.51. The van der Waals surface area contributed by atoms with Gasteiger partial charge in [-0.2, -0.15) is 0 Å². The normalized spacial score (nSPS) is 17.6. The molecule has 2 aromatic rings. The summed E-state index contributed by atoms with van der Waals surface area (Å²) in [5.41, 5.74) is 3.24. The molecule has 126 valence electrons. The number of fused-ring (bicyclic) bond motifs is 2. The average molecular weight is 397 g/mol. The number of halogens is 1. The first-order valence-corrected chi connectivity index (χ1v) is 8.98.